The number of nitrogens with zero attached hydrogens (tertiary/aromatic N) is 5. The van der Waals surface area contributed by atoms with Crippen molar-refractivity contribution < 1.29 is 9.59 Å². The van der Waals surface area contributed by atoms with Crippen molar-refractivity contribution >= 4 is 11.8 Å². The molecular formula is C19H28N6O2. The summed E-state index contributed by atoms with van der Waals surface area (Å²) >= 11 is 0. The molecule has 0 aromatic carbocycles. The highest BCUT2D eigenvalue weighted by Gasteiger charge is 2.41. The minimum atomic E-state index is -0.112. The number of carbonyl (C=O) groups is 2. The Labute approximate surface area is 159 Å². The Bertz CT molecular complexity index is 751. The summed E-state index contributed by atoms with van der Waals surface area (Å²) in [6.07, 6.45) is 5.33. The van der Waals surface area contributed by atoms with Crippen LogP contribution in [-0.2, 0) is 11.3 Å². The van der Waals surface area contributed by atoms with Gasteiger partial charge in [0.05, 0.1) is 6.04 Å². The van der Waals surface area contributed by atoms with Crippen molar-refractivity contribution in [3.05, 3.63) is 11.6 Å². The van der Waals surface area contributed by atoms with Crippen molar-refractivity contribution in [2.75, 3.05) is 26.2 Å². The molecule has 2 amide bonds. The highest BCUT2D eigenvalue weighted by Crippen LogP contribution is 2.36. The molecule has 3 fully saturated rings. The first-order valence-electron chi connectivity index (χ1n) is 10.4. The van der Waals surface area contributed by atoms with E-state index in [1.807, 2.05) is 9.47 Å². The fourth-order valence-corrected chi connectivity index (χ4v) is 4.88. The second kappa shape index (κ2) is 6.58. The van der Waals surface area contributed by atoms with Gasteiger partial charge in [0, 0.05) is 44.7 Å². The van der Waals surface area contributed by atoms with Crippen molar-refractivity contribution in [2.24, 2.45) is 11.8 Å². The number of carbonyl (C=O) groups excluding carboxylic acids is 2. The van der Waals surface area contributed by atoms with E-state index in [-0.39, 0.29) is 17.9 Å². The standard InChI is InChI=1S/C19H28N6O2/c1-12-9-13(10-12)19(27)24-6-5-23-7-8-25-16(15(23)11-24)21-22-17(25)18(26)20-14-3-2-4-14/h12-15H,2-11H2,1H3,(H,20,26). The number of aromatic nitrogens is 3. The normalized spacial score (nSPS) is 30.7. The number of hydrogen-bond donors (Lipinski definition) is 1. The van der Waals surface area contributed by atoms with Crippen LogP contribution in [0.4, 0.5) is 0 Å². The van der Waals surface area contributed by atoms with E-state index in [0.717, 1.165) is 57.7 Å². The molecule has 4 aliphatic rings. The largest absolute Gasteiger partial charge is 0.347 e. The number of piperazine rings is 1. The summed E-state index contributed by atoms with van der Waals surface area (Å²) in [5.41, 5.74) is 0. The highest BCUT2D eigenvalue weighted by atomic mass is 16.2. The van der Waals surface area contributed by atoms with Crippen LogP contribution in [0, 0.1) is 11.8 Å². The van der Waals surface area contributed by atoms with E-state index in [9.17, 15) is 9.59 Å². The average molecular weight is 372 g/mol. The predicted molar refractivity (Wildman–Crippen MR) is 97.9 cm³/mol. The molecule has 1 saturated heterocycles. The summed E-state index contributed by atoms with van der Waals surface area (Å²) in [7, 11) is 0. The van der Waals surface area contributed by atoms with Crippen molar-refractivity contribution in [2.45, 2.75) is 57.7 Å². The summed E-state index contributed by atoms with van der Waals surface area (Å²) in [6.45, 7) is 6.15. The van der Waals surface area contributed by atoms with Crippen LogP contribution in [0.1, 0.15) is 61.5 Å². The van der Waals surface area contributed by atoms with Crippen LogP contribution < -0.4 is 5.32 Å². The van der Waals surface area contributed by atoms with Crippen molar-refractivity contribution in [3.63, 3.8) is 0 Å². The van der Waals surface area contributed by atoms with Crippen LogP contribution in [0.15, 0.2) is 0 Å². The molecule has 27 heavy (non-hydrogen) atoms. The Morgan fingerprint density at radius 3 is 2.56 bits per heavy atom. The quantitative estimate of drug-likeness (QED) is 0.849. The first-order chi connectivity index (χ1) is 13.1. The minimum absolute atomic E-state index is 0.0479. The van der Waals surface area contributed by atoms with Crippen LogP contribution in [0.25, 0.3) is 0 Å². The Kier molecular flexibility index (Phi) is 4.18. The minimum Gasteiger partial charge on any atom is -0.347 e. The predicted octanol–water partition coefficient (Wildman–Crippen LogP) is 0.805. The van der Waals surface area contributed by atoms with Crippen molar-refractivity contribution in [1.29, 1.82) is 0 Å². The van der Waals surface area contributed by atoms with E-state index >= 15 is 0 Å². The van der Waals surface area contributed by atoms with Gasteiger partial charge in [-0.05, 0) is 38.0 Å². The lowest BCUT2D eigenvalue weighted by Crippen LogP contribution is -2.55. The highest BCUT2D eigenvalue weighted by molar-refractivity contribution is 5.91. The summed E-state index contributed by atoms with van der Waals surface area (Å²) in [6, 6.07) is 0.338. The lowest BCUT2D eigenvalue weighted by molar-refractivity contribution is -0.143. The summed E-state index contributed by atoms with van der Waals surface area (Å²) in [5.74, 6) is 2.32. The topological polar surface area (TPSA) is 83.4 Å². The maximum atomic E-state index is 12.8. The molecule has 1 aromatic heterocycles. The molecule has 0 spiro atoms. The Hall–Kier alpha value is -1.96. The van der Waals surface area contributed by atoms with Crippen LogP contribution in [0.3, 0.4) is 0 Å². The van der Waals surface area contributed by atoms with Crippen LogP contribution in [0.2, 0.25) is 0 Å². The number of fused-ring (bicyclic) bond motifs is 3. The summed E-state index contributed by atoms with van der Waals surface area (Å²) in [5, 5.41) is 11.6. The smallest absolute Gasteiger partial charge is 0.289 e. The molecule has 0 bridgehead atoms. The third-order valence-corrected chi connectivity index (χ3v) is 6.86. The molecule has 1 N–H and O–H groups in total. The second-order valence-electron chi connectivity index (χ2n) is 8.74. The van der Waals surface area contributed by atoms with Crippen molar-refractivity contribution in [3.8, 4) is 0 Å². The lowest BCUT2D eigenvalue weighted by Gasteiger charge is -2.45. The Balaban J connectivity index is 1.31. The van der Waals surface area contributed by atoms with E-state index in [4.69, 9.17) is 0 Å². The maximum Gasteiger partial charge on any atom is 0.289 e. The van der Waals surface area contributed by atoms with Gasteiger partial charge in [-0.2, -0.15) is 0 Å². The van der Waals surface area contributed by atoms with Gasteiger partial charge in [-0.15, -0.1) is 10.2 Å². The summed E-state index contributed by atoms with van der Waals surface area (Å²) in [4.78, 5) is 29.7. The van der Waals surface area contributed by atoms with Gasteiger partial charge >= 0.3 is 0 Å². The first-order valence-corrected chi connectivity index (χ1v) is 10.4. The van der Waals surface area contributed by atoms with Crippen LogP contribution in [0.5, 0.6) is 0 Å². The average Bonchev–Trinajstić information content (AvgIpc) is 3.05. The molecule has 1 aromatic rings. The van der Waals surface area contributed by atoms with E-state index in [2.05, 4.69) is 27.3 Å². The molecule has 1 unspecified atom stereocenters. The SMILES string of the molecule is CC1CC(C(=O)N2CCN3CCn4c(C(=O)NC5CCC5)nnc4C3C2)C1. The molecular weight excluding hydrogens is 344 g/mol. The van der Waals surface area contributed by atoms with Gasteiger partial charge in [-0.3, -0.25) is 14.5 Å². The fourth-order valence-electron chi connectivity index (χ4n) is 4.88. The zero-order valence-electron chi connectivity index (χ0n) is 15.9. The van der Waals surface area contributed by atoms with Gasteiger partial charge in [0.1, 0.15) is 0 Å². The number of rotatable bonds is 3. The van der Waals surface area contributed by atoms with E-state index < -0.39 is 0 Å². The zero-order chi connectivity index (χ0) is 18.5. The number of nitrogens with one attached hydrogen (secondary N) is 1. The third kappa shape index (κ3) is 2.94. The Morgan fingerprint density at radius 2 is 1.85 bits per heavy atom. The van der Waals surface area contributed by atoms with Gasteiger partial charge in [0.25, 0.3) is 5.91 Å². The molecule has 2 saturated carbocycles. The number of amides is 2. The van der Waals surface area contributed by atoms with Crippen LogP contribution in [-0.4, -0.2) is 68.6 Å². The lowest BCUT2D eigenvalue weighted by atomic mass is 9.75. The van der Waals surface area contributed by atoms with Crippen LogP contribution >= 0.6 is 0 Å². The van der Waals surface area contributed by atoms with Crippen molar-refractivity contribution in [1.82, 2.24) is 29.9 Å². The Morgan fingerprint density at radius 1 is 1.07 bits per heavy atom. The second-order valence-corrected chi connectivity index (χ2v) is 8.74. The molecule has 8 nitrogen and oxygen atoms in total. The third-order valence-electron chi connectivity index (χ3n) is 6.86. The monoisotopic (exact) mass is 372 g/mol. The molecule has 1 atom stereocenters. The fraction of sp³-hybridized carbons (Fsp3) is 0.789. The number of hydrogen-bond acceptors (Lipinski definition) is 5. The van der Waals surface area contributed by atoms with E-state index in [1.165, 1.54) is 6.42 Å². The van der Waals surface area contributed by atoms with Gasteiger partial charge < -0.3 is 14.8 Å². The molecule has 2 aliphatic carbocycles. The molecule has 3 heterocycles. The van der Waals surface area contributed by atoms with E-state index in [0.29, 0.717) is 30.2 Å². The molecule has 8 heteroatoms. The summed E-state index contributed by atoms with van der Waals surface area (Å²) < 4.78 is 1.97. The zero-order valence-corrected chi connectivity index (χ0v) is 15.9. The molecule has 0 radical (unpaired) electrons. The van der Waals surface area contributed by atoms with E-state index in [1.54, 1.807) is 0 Å². The first kappa shape index (κ1) is 17.2. The van der Waals surface area contributed by atoms with Gasteiger partial charge in [-0.1, -0.05) is 6.92 Å². The molecule has 146 valence electrons. The van der Waals surface area contributed by atoms with Gasteiger partial charge in [0.2, 0.25) is 11.7 Å². The molecule has 2 aliphatic heterocycles. The maximum absolute atomic E-state index is 12.8. The molecule has 5 rings (SSSR count). The van der Waals surface area contributed by atoms with Gasteiger partial charge in [0.15, 0.2) is 5.82 Å². The van der Waals surface area contributed by atoms with Gasteiger partial charge in [-0.25, -0.2) is 0 Å².